The van der Waals surface area contributed by atoms with Gasteiger partial charge in [0.15, 0.2) is 0 Å². The van der Waals surface area contributed by atoms with Crippen LogP contribution in [0.4, 0.5) is 0 Å². The van der Waals surface area contributed by atoms with Gasteiger partial charge in [0.05, 0.1) is 30.9 Å². The molecule has 2 aliphatic rings. The predicted molar refractivity (Wildman–Crippen MR) is 92.9 cm³/mol. The lowest BCUT2D eigenvalue weighted by Crippen LogP contribution is -2.39. The second-order valence-corrected chi connectivity index (χ2v) is 6.55. The Balaban J connectivity index is 1.55. The fraction of sp³-hybridized carbons (Fsp3) is 0.368. The van der Waals surface area contributed by atoms with Crippen molar-refractivity contribution in [1.82, 2.24) is 19.7 Å². The first kappa shape index (κ1) is 16.3. The van der Waals surface area contributed by atoms with Crippen molar-refractivity contribution < 1.29 is 9.53 Å². The topological polar surface area (TPSA) is 84.0 Å². The lowest BCUT2D eigenvalue weighted by Gasteiger charge is -2.25. The van der Waals surface area contributed by atoms with Crippen LogP contribution in [-0.2, 0) is 17.9 Å². The molecule has 0 bridgehead atoms. The third-order valence-electron chi connectivity index (χ3n) is 4.71. The number of carbonyl (C=O) groups excluding carboxylic acids is 1. The molecule has 4 rings (SSSR count). The highest BCUT2D eigenvalue weighted by molar-refractivity contribution is 5.93. The van der Waals surface area contributed by atoms with E-state index in [1.165, 1.54) is 6.20 Å². The number of fused-ring (bicyclic) bond motifs is 1. The summed E-state index contributed by atoms with van der Waals surface area (Å²) in [5, 5.41) is 13.2. The Morgan fingerprint density at radius 3 is 2.96 bits per heavy atom. The summed E-state index contributed by atoms with van der Waals surface area (Å²) in [6, 6.07) is 7.33. The van der Waals surface area contributed by atoms with Gasteiger partial charge in [-0.1, -0.05) is 6.08 Å². The number of hydrogen-bond acceptors (Lipinski definition) is 5. The van der Waals surface area contributed by atoms with Crippen LogP contribution in [0.3, 0.4) is 0 Å². The number of hydrogen-bond donors (Lipinski definition) is 0. The monoisotopic (exact) mass is 349 g/mol. The van der Waals surface area contributed by atoms with E-state index in [-0.39, 0.29) is 12.0 Å². The van der Waals surface area contributed by atoms with Gasteiger partial charge in [-0.15, -0.1) is 0 Å². The first-order valence-electron chi connectivity index (χ1n) is 8.75. The number of allylic oxidation sites excluding steroid dienone is 1. The van der Waals surface area contributed by atoms with E-state index >= 15 is 0 Å². The van der Waals surface area contributed by atoms with Gasteiger partial charge in [0, 0.05) is 24.0 Å². The number of carbonyl (C=O) groups is 1. The second kappa shape index (κ2) is 7.00. The van der Waals surface area contributed by atoms with Gasteiger partial charge >= 0.3 is 0 Å². The van der Waals surface area contributed by atoms with Crippen LogP contribution in [0.1, 0.15) is 30.5 Å². The minimum atomic E-state index is -0.262. The molecule has 0 saturated heterocycles. The summed E-state index contributed by atoms with van der Waals surface area (Å²) in [6.07, 6.45) is 7.87. The summed E-state index contributed by atoms with van der Waals surface area (Å²) < 4.78 is 7.89. The van der Waals surface area contributed by atoms with Crippen LogP contribution in [0.15, 0.2) is 42.2 Å². The molecule has 0 fully saturated rings. The van der Waals surface area contributed by atoms with Crippen molar-refractivity contribution in [2.75, 3.05) is 6.54 Å². The SMILES string of the molecule is N#Cc1ccc(OC2CN(C(=O)C3=CCCC3)Cc3ccnn3C2)nc1. The van der Waals surface area contributed by atoms with Crippen molar-refractivity contribution >= 4 is 5.91 Å². The average Bonchev–Trinajstić information content (AvgIpc) is 3.31. The molecule has 1 unspecified atom stereocenters. The van der Waals surface area contributed by atoms with Gasteiger partial charge in [-0.05, 0) is 31.4 Å². The quantitative estimate of drug-likeness (QED) is 0.847. The molecule has 1 atom stereocenters. The van der Waals surface area contributed by atoms with Gasteiger partial charge in [0.1, 0.15) is 12.2 Å². The molecule has 7 nitrogen and oxygen atoms in total. The second-order valence-electron chi connectivity index (χ2n) is 6.55. The summed E-state index contributed by atoms with van der Waals surface area (Å²) >= 11 is 0. The third-order valence-corrected chi connectivity index (χ3v) is 4.71. The molecule has 3 heterocycles. The molecule has 1 aliphatic carbocycles. The highest BCUT2D eigenvalue weighted by Gasteiger charge is 2.29. The van der Waals surface area contributed by atoms with Crippen LogP contribution in [0.5, 0.6) is 5.88 Å². The van der Waals surface area contributed by atoms with Crippen LogP contribution < -0.4 is 4.74 Å². The standard InChI is InChI=1S/C19H19N5O2/c20-9-14-5-6-18(21-10-14)26-17-12-23(19(25)15-3-1-2-4-15)11-16-7-8-22-24(16)13-17/h3,5-8,10,17H,1-2,4,11-13H2. The third kappa shape index (κ3) is 3.31. The fourth-order valence-corrected chi connectivity index (χ4v) is 3.40. The lowest BCUT2D eigenvalue weighted by atomic mass is 10.2. The first-order valence-corrected chi connectivity index (χ1v) is 8.75. The lowest BCUT2D eigenvalue weighted by molar-refractivity contribution is -0.128. The molecular weight excluding hydrogens is 330 g/mol. The number of pyridine rings is 1. The number of aromatic nitrogens is 3. The van der Waals surface area contributed by atoms with Crippen LogP contribution in [0, 0.1) is 11.3 Å². The average molecular weight is 349 g/mol. The van der Waals surface area contributed by atoms with Crippen molar-refractivity contribution in [3.63, 3.8) is 0 Å². The van der Waals surface area contributed by atoms with Crippen molar-refractivity contribution in [3.8, 4) is 11.9 Å². The molecule has 7 heteroatoms. The van der Waals surface area contributed by atoms with E-state index in [0.29, 0.717) is 31.1 Å². The zero-order chi connectivity index (χ0) is 17.9. The number of nitrogens with zero attached hydrogens (tertiary/aromatic N) is 5. The Bertz CT molecular complexity index is 878. The van der Waals surface area contributed by atoms with E-state index in [1.54, 1.807) is 18.3 Å². The molecule has 26 heavy (non-hydrogen) atoms. The molecule has 0 N–H and O–H groups in total. The van der Waals surface area contributed by atoms with Gasteiger partial charge in [0.25, 0.3) is 0 Å². The minimum absolute atomic E-state index is 0.0820. The summed E-state index contributed by atoms with van der Waals surface area (Å²) in [7, 11) is 0. The zero-order valence-corrected chi connectivity index (χ0v) is 14.3. The Kier molecular flexibility index (Phi) is 4.40. The maximum Gasteiger partial charge on any atom is 0.249 e. The highest BCUT2D eigenvalue weighted by Crippen LogP contribution is 2.23. The maximum atomic E-state index is 12.9. The van der Waals surface area contributed by atoms with Crippen molar-refractivity contribution in [2.24, 2.45) is 0 Å². The Labute approximate surface area is 151 Å². The van der Waals surface area contributed by atoms with Crippen molar-refractivity contribution in [3.05, 3.63) is 53.5 Å². The minimum Gasteiger partial charge on any atom is -0.470 e. The molecule has 1 aliphatic heterocycles. The van der Waals surface area contributed by atoms with E-state index in [2.05, 4.69) is 10.1 Å². The van der Waals surface area contributed by atoms with Crippen LogP contribution >= 0.6 is 0 Å². The normalized spacial score (nSPS) is 19.3. The summed E-state index contributed by atoms with van der Waals surface area (Å²) in [4.78, 5) is 18.9. The molecule has 2 aromatic heterocycles. The Morgan fingerprint density at radius 1 is 1.31 bits per heavy atom. The Hall–Kier alpha value is -3.14. The molecule has 1 amide bonds. The van der Waals surface area contributed by atoms with Crippen molar-refractivity contribution in [1.29, 1.82) is 5.26 Å². The van der Waals surface area contributed by atoms with Gasteiger partial charge < -0.3 is 9.64 Å². The fourth-order valence-electron chi connectivity index (χ4n) is 3.40. The first-order chi connectivity index (χ1) is 12.7. The molecule has 0 saturated carbocycles. The van der Waals surface area contributed by atoms with Crippen LogP contribution in [-0.4, -0.2) is 38.2 Å². The van der Waals surface area contributed by atoms with Crippen molar-refractivity contribution in [2.45, 2.75) is 38.5 Å². The number of rotatable bonds is 3. The summed E-state index contributed by atoms with van der Waals surface area (Å²) in [5.74, 6) is 0.524. The van der Waals surface area contributed by atoms with Crippen LogP contribution in [0.25, 0.3) is 0 Å². The number of nitriles is 1. The zero-order valence-electron chi connectivity index (χ0n) is 14.3. The van der Waals surface area contributed by atoms with Gasteiger partial charge in [-0.25, -0.2) is 4.98 Å². The van der Waals surface area contributed by atoms with E-state index < -0.39 is 0 Å². The van der Waals surface area contributed by atoms with E-state index in [4.69, 9.17) is 10.00 Å². The molecule has 0 radical (unpaired) electrons. The number of ether oxygens (including phenoxy) is 1. The molecule has 0 aromatic carbocycles. The van der Waals surface area contributed by atoms with E-state index in [9.17, 15) is 4.79 Å². The van der Waals surface area contributed by atoms with Crippen LogP contribution in [0.2, 0.25) is 0 Å². The van der Waals surface area contributed by atoms with E-state index in [1.807, 2.05) is 27.8 Å². The highest BCUT2D eigenvalue weighted by atomic mass is 16.5. The summed E-state index contributed by atoms with van der Waals surface area (Å²) in [6.45, 7) is 1.55. The van der Waals surface area contributed by atoms with Gasteiger partial charge in [-0.3, -0.25) is 9.48 Å². The number of amides is 1. The summed E-state index contributed by atoms with van der Waals surface area (Å²) in [5.41, 5.74) is 2.38. The van der Waals surface area contributed by atoms with E-state index in [0.717, 1.165) is 30.5 Å². The smallest absolute Gasteiger partial charge is 0.249 e. The van der Waals surface area contributed by atoms with Gasteiger partial charge in [-0.2, -0.15) is 10.4 Å². The molecule has 2 aromatic rings. The predicted octanol–water partition coefficient (Wildman–Crippen LogP) is 2.05. The van der Waals surface area contributed by atoms with Gasteiger partial charge in [0.2, 0.25) is 11.8 Å². The molecule has 0 spiro atoms. The maximum absolute atomic E-state index is 12.9. The molecular formula is C19H19N5O2. The Morgan fingerprint density at radius 2 is 2.23 bits per heavy atom. The largest absolute Gasteiger partial charge is 0.470 e. The molecule has 132 valence electrons.